The van der Waals surface area contributed by atoms with E-state index in [1.807, 2.05) is 6.92 Å². The molecule has 0 aliphatic rings. The van der Waals surface area contributed by atoms with Gasteiger partial charge in [0, 0.05) is 6.07 Å². The third-order valence-corrected chi connectivity index (χ3v) is 2.03. The topological polar surface area (TPSA) is 49.7 Å². The summed E-state index contributed by atoms with van der Waals surface area (Å²) in [6.07, 6.45) is 0.0353. The fourth-order valence-electron chi connectivity index (χ4n) is 1.11. The molecule has 3 nitrogen and oxygen atoms in total. The van der Waals surface area contributed by atoms with E-state index in [0.717, 1.165) is 0 Å². The highest BCUT2D eigenvalue weighted by atomic mass is 19.1. The number of aliphatic hydroxyl groups is 2. The molecule has 1 rings (SSSR count). The van der Waals surface area contributed by atoms with E-state index in [0.29, 0.717) is 17.7 Å². The SMILES string of the molecule is CCC(O)COc1cc(F)cc(CO)c1. The quantitative estimate of drug-likeness (QED) is 0.780. The van der Waals surface area contributed by atoms with Crippen molar-refractivity contribution >= 4 is 0 Å². The van der Waals surface area contributed by atoms with E-state index in [1.165, 1.54) is 12.1 Å². The summed E-state index contributed by atoms with van der Waals surface area (Å²) in [5.41, 5.74) is 0.455. The number of hydrogen-bond acceptors (Lipinski definition) is 3. The normalized spacial score (nSPS) is 12.5. The molecular weight excluding hydrogens is 199 g/mol. The third kappa shape index (κ3) is 3.85. The highest BCUT2D eigenvalue weighted by molar-refractivity contribution is 5.29. The summed E-state index contributed by atoms with van der Waals surface area (Å²) in [7, 11) is 0. The van der Waals surface area contributed by atoms with E-state index >= 15 is 0 Å². The van der Waals surface area contributed by atoms with Gasteiger partial charge in [-0.05, 0) is 24.1 Å². The van der Waals surface area contributed by atoms with Crippen LogP contribution in [0.2, 0.25) is 0 Å². The van der Waals surface area contributed by atoms with Crippen LogP contribution in [0.15, 0.2) is 18.2 Å². The molecule has 0 bridgehead atoms. The second-order valence-corrected chi connectivity index (χ2v) is 3.33. The molecule has 0 spiro atoms. The van der Waals surface area contributed by atoms with Crippen LogP contribution in [0.3, 0.4) is 0 Å². The molecule has 0 saturated heterocycles. The van der Waals surface area contributed by atoms with Crippen molar-refractivity contribution in [3.8, 4) is 5.75 Å². The van der Waals surface area contributed by atoms with Gasteiger partial charge in [0.05, 0.1) is 12.7 Å². The van der Waals surface area contributed by atoms with Gasteiger partial charge in [0.15, 0.2) is 0 Å². The summed E-state index contributed by atoms with van der Waals surface area (Å²) in [5.74, 6) is -0.130. The Morgan fingerprint density at radius 2 is 2.13 bits per heavy atom. The molecule has 0 radical (unpaired) electrons. The number of ether oxygens (including phenoxy) is 1. The molecule has 0 saturated carbocycles. The van der Waals surface area contributed by atoms with Gasteiger partial charge in [0.2, 0.25) is 0 Å². The van der Waals surface area contributed by atoms with Gasteiger partial charge >= 0.3 is 0 Å². The van der Waals surface area contributed by atoms with Crippen LogP contribution in [0.5, 0.6) is 5.75 Å². The Morgan fingerprint density at radius 3 is 2.73 bits per heavy atom. The average Bonchev–Trinajstić information content (AvgIpc) is 2.25. The number of benzene rings is 1. The number of rotatable bonds is 5. The molecule has 0 amide bonds. The first-order chi connectivity index (χ1) is 7.15. The Bertz CT molecular complexity index is 315. The minimum absolute atomic E-state index is 0.130. The van der Waals surface area contributed by atoms with Crippen molar-refractivity contribution < 1.29 is 19.3 Å². The largest absolute Gasteiger partial charge is 0.491 e. The molecule has 1 atom stereocenters. The van der Waals surface area contributed by atoms with Crippen molar-refractivity contribution in [2.45, 2.75) is 26.1 Å². The third-order valence-electron chi connectivity index (χ3n) is 2.03. The summed E-state index contributed by atoms with van der Waals surface area (Å²) >= 11 is 0. The monoisotopic (exact) mass is 214 g/mol. The van der Waals surface area contributed by atoms with Crippen molar-refractivity contribution in [3.05, 3.63) is 29.6 Å². The van der Waals surface area contributed by atoms with Gasteiger partial charge in [-0.1, -0.05) is 6.92 Å². The molecule has 2 N–H and O–H groups in total. The first-order valence-corrected chi connectivity index (χ1v) is 4.87. The predicted molar refractivity (Wildman–Crippen MR) is 54.1 cm³/mol. The van der Waals surface area contributed by atoms with E-state index in [1.54, 1.807) is 6.07 Å². The van der Waals surface area contributed by atoms with Crippen LogP contribution in [0.4, 0.5) is 4.39 Å². The molecule has 4 heteroatoms. The van der Waals surface area contributed by atoms with Crippen molar-refractivity contribution in [3.63, 3.8) is 0 Å². The molecule has 0 fully saturated rings. The Kier molecular flexibility index (Phi) is 4.52. The molecule has 1 aromatic rings. The van der Waals surface area contributed by atoms with Crippen molar-refractivity contribution in [1.82, 2.24) is 0 Å². The van der Waals surface area contributed by atoms with Crippen LogP contribution < -0.4 is 4.74 Å². The van der Waals surface area contributed by atoms with Gasteiger partial charge in [-0.3, -0.25) is 0 Å². The Morgan fingerprint density at radius 1 is 1.40 bits per heavy atom. The lowest BCUT2D eigenvalue weighted by Crippen LogP contribution is -2.16. The molecule has 0 aromatic heterocycles. The maximum absolute atomic E-state index is 13.0. The molecule has 84 valence electrons. The van der Waals surface area contributed by atoms with E-state index < -0.39 is 11.9 Å². The molecule has 0 heterocycles. The van der Waals surface area contributed by atoms with Crippen LogP contribution in [0.25, 0.3) is 0 Å². The first-order valence-electron chi connectivity index (χ1n) is 4.87. The zero-order valence-corrected chi connectivity index (χ0v) is 8.61. The summed E-state index contributed by atoms with van der Waals surface area (Å²) < 4.78 is 18.1. The Hall–Kier alpha value is -1.13. The Balaban J connectivity index is 2.64. The van der Waals surface area contributed by atoms with E-state index in [4.69, 9.17) is 9.84 Å². The van der Waals surface area contributed by atoms with E-state index in [-0.39, 0.29) is 13.2 Å². The fourth-order valence-corrected chi connectivity index (χ4v) is 1.11. The van der Waals surface area contributed by atoms with Crippen molar-refractivity contribution in [2.24, 2.45) is 0 Å². The van der Waals surface area contributed by atoms with Gasteiger partial charge in [0.25, 0.3) is 0 Å². The predicted octanol–water partition coefficient (Wildman–Crippen LogP) is 1.47. The van der Waals surface area contributed by atoms with Crippen LogP contribution in [0, 0.1) is 5.82 Å². The minimum Gasteiger partial charge on any atom is -0.491 e. The molecule has 0 aliphatic heterocycles. The maximum Gasteiger partial charge on any atom is 0.127 e. The minimum atomic E-state index is -0.550. The zero-order valence-electron chi connectivity index (χ0n) is 8.61. The summed E-state index contributed by atoms with van der Waals surface area (Å²) in [5, 5.41) is 18.1. The van der Waals surface area contributed by atoms with Gasteiger partial charge in [-0.25, -0.2) is 4.39 Å². The second-order valence-electron chi connectivity index (χ2n) is 3.33. The standard InChI is InChI=1S/C11H15FO3/c1-2-10(14)7-15-11-4-8(6-13)3-9(12)5-11/h3-5,10,13-14H,2,6-7H2,1H3. The maximum atomic E-state index is 13.0. The number of halogens is 1. The number of hydrogen-bond donors (Lipinski definition) is 2. The van der Waals surface area contributed by atoms with Crippen LogP contribution in [-0.4, -0.2) is 22.9 Å². The van der Waals surface area contributed by atoms with Gasteiger partial charge in [-0.15, -0.1) is 0 Å². The molecule has 0 aliphatic carbocycles. The van der Waals surface area contributed by atoms with Crippen molar-refractivity contribution in [1.29, 1.82) is 0 Å². The van der Waals surface area contributed by atoms with Crippen LogP contribution in [-0.2, 0) is 6.61 Å². The zero-order chi connectivity index (χ0) is 11.3. The summed E-state index contributed by atoms with van der Waals surface area (Å²) in [6.45, 7) is 1.73. The summed E-state index contributed by atoms with van der Waals surface area (Å²) in [6, 6.07) is 4.01. The first kappa shape index (κ1) is 11.9. The highest BCUT2D eigenvalue weighted by Crippen LogP contribution is 2.16. The average molecular weight is 214 g/mol. The van der Waals surface area contributed by atoms with Crippen LogP contribution >= 0.6 is 0 Å². The van der Waals surface area contributed by atoms with Gasteiger partial charge in [0.1, 0.15) is 18.2 Å². The number of aliphatic hydroxyl groups excluding tert-OH is 2. The molecule has 15 heavy (non-hydrogen) atoms. The van der Waals surface area contributed by atoms with E-state index in [9.17, 15) is 9.50 Å². The smallest absolute Gasteiger partial charge is 0.127 e. The fraction of sp³-hybridized carbons (Fsp3) is 0.455. The van der Waals surface area contributed by atoms with Crippen LogP contribution in [0.1, 0.15) is 18.9 Å². The highest BCUT2D eigenvalue weighted by Gasteiger charge is 2.04. The van der Waals surface area contributed by atoms with E-state index in [2.05, 4.69) is 0 Å². The van der Waals surface area contributed by atoms with Crippen molar-refractivity contribution in [2.75, 3.05) is 6.61 Å². The molecular formula is C11H15FO3. The lowest BCUT2D eigenvalue weighted by Gasteiger charge is -2.11. The Labute approximate surface area is 88.1 Å². The summed E-state index contributed by atoms with van der Waals surface area (Å²) in [4.78, 5) is 0. The van der Waals surface area contributed by atoms with Gasteiger partial charge in [-0.2, -0.15) is 0 Å². The second kappa shape index (κ2) is 5.68. The van der Waals surface area contributed by atoms with Gasteiger partial charge < -0.3 is 14.9 Å². The lowest BCUT2D eigenvalue weighted by molar-refractivity contribution is 0.104. The molecule has 1 aromatic carbocycles. The lowest BCUT2D eigenvalue weighted by atomic mass is 10.2. The molecule has 1 unspecified atom stereocenters.